The second kappa shape index (κ2) is 12.2. The van der Waals surface area contributed by atoms with E-state index in [1.165, 1.54) is 0 Å². The van der Waals surface area contributed by atoms with Gasteiger partial charge in [0.15, 0.2) is 0 Å². The zero-order valence-corrected chi connectivity index (χ0v) is 2.21. The van der Waals surface area contributed by atoms with Crippen LogP contribution < -0.4 is 5.14 Å². The summed E-state index contributed by atoms with van der Waals surface area (Å²) >= 11 is -0.000000000000000222. The highest BCUT2D eigenvalue weighted by Crippen LogP contribution is 0.964. The Morgan fingerprint density at radius 2 is 1.75 bits per heavy atom. The Kier molecular flexibility index (Phi) is 27.4. The van der Waals surface area contributed by atoms with Crippen LogP contribution in [0.15, 0.2) is 0 Å². The van der Waals surface area contributed by atoms with Crippen LogP contribution in [-0.4, -0.2) is 0 Å². The van der Waals surface area contributed by atoms with E-state index < -0.39 is 0 Å². The predicted octanol–water partition coefficient (Wildman–Crippen LogP) is -0.0757. The summed E-state index contributed by atoms with van der Waals surface area (Å²) in [6.07, 6.45) is 0. The maximum atomic E-state index is 8.62. The van der Waals surface area contributed by atoms with Crippen molar-refractivity contribution in [1.82, 2.24) is 0 Å². The molecule has 26 valence electrons. The smallest absolute Gasteiger partial charge is 0.0776 e. The molecule has 4 heavy (non-hydrogen) atoms. The van der Waals surface area contributed by atoms with Gasteiger partial charge >= 0.3 is 11.9 Å². The van der Waals surface area contributed by atoms with Crippen LogP contribution in [0.3, 0.4) is 0 Å². The molecule has 0 atom stereocenters. The molecule has 0 rings (SSSR count). The third kappa shape index (κ3) is 4750. The second-order valence-electron chi connectivity index (χ2n) is 0.0962. The first kappa shape index (κ1) is 9.02. The van der Waals surface area contributed by atoms with Crippen molar-refractivity contribution in [3.63, 3.8) is 0 Å². The lowest BCUT2D eigenvalue weighted by Gasteiger charge is -0.969. The fraction of sp³-hybridized carbons (Fsp3) is 1.00. The number of hydrogen-bond acceptors (Lipinski definition) is 1. The lowest BCUT2D eigenvalue weighted by Crippen LogP contribution is -1.73. The van der Waals surface area contributed by atoms with E-state index in [1.54, 1.807) is 0 Å². The highest BCUT2D eigenvalue weighted by Gasteiger charge is 1.55. The molecule has 0 aliphatic heterocycles. The molecule has 3 heteroatoms. The minimum absolute atomic E-state index is 0. The van der Waals surface area contributed by atoms with Crippen LogP contribution >= 0.6 is 0 Å². The first-order valence-corrected chi connectivity index (χ1v) is 1.21. The largest absolute Gasteiger partial charge is 0.584 e. The third-order valence-corrected chi connectivity index (χ3v) is 0. The molecule has 0 aromatic heterocycles. The second-order valence-corrected chi connectivity index (χ2v) is 0.289. The van der Waals surface area contributed by atoms with Gasteiger partial charge in [0.05, 0.1) is 4.21 Å². The predicted molar refractivity (Wildman–Crippen MR) is 19.0 cm³/mol. The van der Waals surface area contributed by atoms with E-state index in [9.17, 15) is 0 Å². The van der Waals surface area contributed by atoms with Crippen LogP contribution in [0.5, 0.6) is 0 Å². The molecule has 0 saturated carbocycles. The van der Waals surface area contributed by atoms with Gasteiger partial charge in [-0.05, 0) is 5.14 Å². The number of hydrogen-bond donors (Lipinski definition) is 1. The summed E-state index contributed by atoms with van der Waals surface area (Å²) in [4.78, 5) is 0. The van der Waals surface area contributed by atoms with E-state index in [-0.39, 0.29) is 19.3 Å². The molecule has 2 nitrogen and oxygen atoms in total. The van der Waals surface area contributed by atoms with Gasteiger partial charge in [0.25, 0.3) is 0 Å². The summed E-state index contributed by atoms with van der Waals surface area (Å²) in [6, 6.07) is 0. The SMILES string of the molecule is C.N[S+]=O. The van der Waals surface area contributed by atoms with Gasteiger partial charge in [-0.15, -0.1) is 0 Å². The fourth-order valence-electron chi connectivity index (χ4n) is 0. The maximum Gasteiger partial charge on any atom is 0.584 e. The molecule has 0 fully saturated rings. The van der Waals surface area contributed by atoms with Crippen LogP contribution in [0, 0.1) is 0 Å². The van der Waals surface area contributed by atoms with E-state index in [4.69, 9.17) is 4.21 Å². The zero-order valence-electron chi connectivity index (χ0n) is 1.39. The molecule has 0 radical (unpaired) electrons. The molecule has 0 unspecified atom stereocenters. The molecule has 2 N–H and O–H groups in total. The van der Waals surface area contributed by atoms with Crippen molar-refractivity contribution in [3.8, 4) is 0 Å². The van der Waals surface area contributed by atoms with Gasteiger partial charge < -0.3 is 0 Å². The Hall–Kier alpha value is -0.0200. The summed E-state index contributed by atoms with van der Waals surface area (Å²) in [5.41, 5.74) is 0. The van der Waals surface area contributed by atoms with Gasteiger partial charge in [-0.3, -0.25) is 0 Å². The Bertz CT molecular complexity index is 15.5. The normalized spacial score (nSPS) is 3.25. The molecule has 0 spiro atoms. The third-order valence-electron chi connectivity index (χ3n) is 0. The first-order chi connectivity index (χ1) is 1.41. The van der Waals surface area contributed by atoms with Crippen molar-refractivity contribution >= 4 is 11.9 Å². The summed E-state index contributed by atoms with van der Waals surface area (Å²) in [5.74, 6) is 0. The van der Waals surface area contributed by atoms with Crippen LogP contribution in [0.4, 0.5) is 0 Å². The van der Waals surface area contributed by atoms with Gasteiger partial charge in [0, 0.05) is 0 Å². The zero-order chi connectivity index (χ0) is 2.71. The van der Waals surface area contributed by atoms with Crippen molar-refractivity contribution in [1.29, 1.82) is 0 Å². The van der Waals surface area contributed by atoms with Gasteiger partial charge in [-0.25, -0.2) is 0 Å². The lowest BCUT2D eigenvalue weighted by molar-refractivity contribution is 0.605. The Morgan fingerprint density at radius 3 is 1.75 bits per heavy atom. The number of nitrogens with two attached hydrogens (primary N) is 1. The van der Waals surface area contributed by atoms with Crippen LogP contribution in [0.1, 0.15) is 7.43 Å². The topological polar surface area (TPSA) is 43.1 Å². The molecule has 0 heterocycles. The molecule has 0 aromatic carbocycles. The molecular formula is CH6NOS+. The van der Waals surface area contributed by atoms with E-state index >= 15 is 0 Å². The first-order valence-electron chi connectivity index (χ1n) is 0.402. The Morgan fingerprint density at radius 1 is 1.75 bits per heavy atom. The molecule has 0 amide bonds. The van der Waals surface area contributed by atoms with E-state index in [1.807, 2.05) is 0 Å². The average Bonchev–Trinajstić information content (AvgIpc) is 0.918. The van der Waals surface area contributed by atoms with Gasteiger partial charge in [0.1, 0.15) is 0 Å². The molecule has 0 saturated heterocycles. The van der Waals surface area contributed by atoms with Crippen LogP contribution in [0.25, 0.3) is 0 Å². The minimum atomic E-state index is -0.000000000000000222. The maximum absolute atomic E-state index is 8.62. The summed E-state index contributed by atoms with van der Waals surface area (Å²) in [6.45, 7) is 0. The van der Waals surface area contributed by atoms with Crippen molar-refractivity contribution in [3.05, 3.63) is 0 Å². The monoisotopic (exact) mass is 80.0 g/mol. The van der Waals surface area contributed by atoms with Gasteiger partial charge in [-0.2, -0.15) is 0 Å². The molecule has 0 bridgehead atoms. The van der Waals surface area contributed by atoms with E-state index in [0.717, 1.165) is 0 Å². The van der Waals surface area contributed by atoms with E-state index in [0.29, 0.717) is 0 Å². The quantitative estimate of drug-likeness (QED) is 0.321. The Labute approximate surface area is 29.6 Å². The van der Waals surface area contributed by atoms with Gasteiger partial charge in [0.2, 0.25) is 0 Å². The highest BCUT2D eigenvalue weighted by atomic mass is 32.2. The van der Waals surface area contributed by atoms with Crippen molar-refractivity contribution < 1.29 is 4.21 Å². The van der Waals surface area contributed by atoms with Gasteiger partial charge in [-0.1, -0.05) is 7.43 Å². The summed E-state index contributed by atoms with van der Waals surface area (Å²) in [5, 5.41) is 4.21. The number of rotatable bonds is 0. The standard InChI is InChI=1S/CH4.H2NOS/c;1-3-2/h1H4;(H2,1,2)/q;+1. The summed E-state index contributed by atoms with van der Waals surface area (Å²) < 4.78 is 8.62. The van der Waals surface area contributed by atoms with Crippen LogP contribution in [-0.2, 0) is 16.1 Å². The minimum Gasteiger partial charge on any atom is -0.0776 e. The van der Waals surface area contributed by atoms with E-state index in [2.05, 4.69) is 5.14 Å². The molecule has 0 aliphatic rings. The van der Waals surface area contributed by atoms with Crippen molar-refractivity contribution in [2.24, 2.45) is 5.14 Å². The average molecular weight is 80.1 g/mol. The highest BCUT2D eigenvalue weighted by molar-refractivity contribution is 7.62. The van der Waals surface area contributed by atoms with Crippen molar-refractivity contribution in [2.75, 3.05) is 0 Å². The molecule has 0 aliphatic carbocycles. The van der Waals surface area contributed by atoms with Crippen molar-refractivity contribution in [2.45, 2.75) is 7.43 Å². The summed E-state index contributed by atoms with van der Waals surface area (Å²) in [7, 11) is 0. The van der Waals surface area contributed by atoms with Crippen LogP contribution in [0.2, 0.25) is 0 Å². The molecular weight excluding hydrogens is 74.1 g/mol. The fourth-order valence-corrected chi connectivity index (χ4v) is 0. The lowest BCUT2D eigenvalue weighted by atomic mass is 12.0. The Balaban J connectivity index is 0. The molecule has 0 aromatic rings.